The van der Waals surface area contributed by atoms with Crippen molar-refractivity contribution >= 4 is 11.6 Å². The Kier molecular flexibility index (Phi) is 3.19. The Bertz CT molecular complexity index is 513. The highest BCUT2D eigenvalue weighted by atomic mass is 19.1. The molecule has 1 heterocycles. The zero-order chi connectivity index (χ0) is 13.3. The summed E-state index contributed by atoms with van der Waals surface area (Å²) in [5.74, 6) is -0.126. The first-order valence-electron chi connectivity index (χ1n) is 5.36. The Morgan fingerprint density at radius 1 is 1.44 bits per heavy atom. The number of ether oxygens (including phenoxy) is 1. The van der Waals surface area contributed by atoms with E-state index < -0.39 is 17.4 Å². The van der Waals surface area contributed by atoms with Crippen LogP contribution in [0, 0.1) is 29.9 Å². The van der Waals surface area contributed by atoms with Gasteiger partial charge >= 0.3 is 0 Å². The van der Waals surface area contributed by atoms with Crippen LogP contribution < -0.4 is 9.64 Å². The zero-order valence-electron chi connectivity index (χ0n) is 9.74. The number of anilines is 1. The fourth-order valence-electron chi connectivity index (χ4n) is 1.97. The van der Waals surface area contributed by atoms with Gasteiger partial charge in [0, 0.05) is 36.7 Å². The van der Waals surface area contributed by atoms with Crippen LogP contribution in [0.4, 0.5) is 14.5 Å². The second-order valence-corrected chi connectivity index (χ2v) is 4.01. The number of carbonyl (C=O) groups is 1. The van der Waals surface area contributed by atoms with E-state index in [0.29, 0.717) is 0 Å². The molecule has 1 amide bonds. The summed E-state index contributed by atoms with van der Waals surface area (Å²) in [6, 6.07) is 2.14. The lowest BCUT2D eigenvalue weighted by atomic mass is 10.1. The second kappa shape index (κ2) is 4.65. The van der Waals surface area contributed by atoms with E-state index in [1.165, 1.54) is 12.0 Å². The van der Waals surface area contributed by atoms with Crippen molar-refractivity contribution in [2.45, 2.75) is 6.42 Å². The molecule has 1 fully saturated rings. The highest BCUT2D eigenvalue weighted by Crippen LogP contribution is 2.30. The zero-order valence-corrected chi connectivity index (χ0v) is 9.74. The van der Waals surface area contributed by atoms with Gasteiger partial charge in [-0.2, -0.15) is 0 Å². The fraction of sp³-hybridized carbons (Fsp3) is 0.308. The van der Waals surface area contributed by atoms with E-state index in [4.69, 9.17) is 6.42 Å². The van der Waals surface area contributed by atoms with Crippen LogP contribution in [0.1, 0.15) is 6.42 Å². The smallest absolute Gasteiger partial charge is 0.228 e. The van der Waals surface area contributed by atoms with Gasteiger partial charge < -0.3 is 9.64 Å². The molecule has 94 valence electrons. The normalized spacial score (nSPS) is 18.9. The molecule has 0 bridgehead atoms. The number of carbonyl (C=O) groups excluding carboxylic acids is 1. The van der Waals surface area contributed by atoms with Crippen LogP contribution in [-0.2, 0) is 4.79 Å². The first-order valence-corrected chi connectivity index (χ1v) is 5.36. The molecule has 1 atom stereocenters. The maximum absolute atomic E-state index is 13.5. The predicted octanol–water partition coefficient (Wildman–Crippen LogP) is 1.96. The van der Waals surface area contributed by atoms with Crippen molar-refractivity contribution in [2.24, 2.45) is 5.92 Å². The lowest BCUT2D eigenvalue weighted by molar-refractivity contribution is -0.117. The average molecular weight is 251 g/mol. The fourth-order valence-corrected chi connectivity index (χ4v) is 1.97. The van der Waals surface area contributed by atoms with Crippen LogP contribution in [0.3, 0.4) is 0 Å². The molecular formula is C13H11F2NO2. The molecule has 1 saturated heterocycles. The van der Waals surface area contributed by atoms with Crippen LogP contribution >= 0.6 is 0 Å². The van der Waals surface area contributed by atoms with Crippen molar-refractivity contribution < 1.29 is 18.3 Å². The summed E-state index contributed by atoms with van der Waals surface area (Å²) in [5.41, 5.74) is 0.161. The molecular weight excluding hydrogens is 240 g/mol. The van der Waals surface area contributed by atoms with Gasteiger partial charge in [-0.05, 0) is 0 Å². The third-order valence-electron chi connectivity index (χ3n) is 2.86. The molecule has 2 rings (SSSR count). The molecule has 0 spiro atoms. The summed E-state index contributed by atoms with van der Waals surface area (Å²) >= 11 is 0. The van der Waals surface area contributed by atoms with Gasteiger partial charge in [0.05, 0.1) is 7.11 Å². The molecule has 1 aromatic rings. The van der Waals surface area contributed by atoms with Crippen molar-refractivity contribution in [3.63, 3.8) is 0 Å². The molecule has 3 nitrogen and oxygen atoms in total. The highest BCUT2D eigenvalue weighted by Gasteiger charge is 2.30. The van der Waals surface area contributed by atoms with E-state index in [-0.39, 0.29) is 30.5 Å². The molecule has 0 aliphatic carbocycles. The topological polar surface area (TPSA) is 29.5 Å². The van der Waals surface area contributed by atoms with E-state index in [1.54, 1.807) is 0 Å². The maximum atomic E-state index is 13.5. The number of halogens is 2. The van der Waals surface area contributed by atoms with Gasteiger partial charge in [0.1, 0.15) is 0 Å². The minimum atomic E-state index is -0.843. The quantitative estimate of drug-likeness (QED) is 0.752. The SMILES string of the molecule is C#CC1CC(=O)N(c2cc(F)c(OC)c(F)c2)C1. The Morgan fingerprint density at radius 3 is 2.50 bits per heavy atom. The summed E-state index contributed by atoms with van der Waals surface area (Å²) in [4.78, 5) is 13.0. The monoisotopic (exact) mass is 251 g/mol. The van der Waals surface area contributed by atoms with Crippen LogP contribution in [-0.4, -0.2) is 19.6 Å². The Morgan fingerprint density at radius 2 is 2.06 bits per heavy atom. The van der Waals surface area contributed by atoms with Crippen LogP contribution in [0.25, 0.3) is 0 Å². The standard InChI is InChI=1S/C13H11F2NO2/c1-3-8-4-12(17)16(7-8)9-5-10(14)13(18-2)11(15)6-9/h1,5-6,8H,4,7H2,2H3. The number of amides is 1. The van der Waals surface area contributed by atoms with Crippen LogP contribution in [0.5, 0.6) is 5.75 Å². The molecule has 0 radical (unpaired) electrons. The van der Waals surface area contributed by atoms with Gasteiger partial charge in [0.15, 0.2) is 17.4 Å². The number of hydrogen-bond acceptors (Lipinski definition) is 2. The number of terminal acetylenes is 1. The molecule has 0 N–H and O–H groups in total. The summed E-state index contributed by atoms with van der Waals surface area (Å²) in [5, 5.41) is 0. The van der Waals surface area contributed by atoms with Gasteiger partial charge in [-0.3, -0.25) is 4.79 Å². The van der Waals surface area contributed by atoms with E-state index in [2.05, 4.69) is 10.7 Å². The summed E-state index contributed by atoms with van der Waals surface area (Å²) in [7, 11) is 1.18. The van der Waals surface area contributed by atoms with Gasteiger partial charge in [0.2, 0.25) is 5.91 Å². The molecule has 1 aliphatic heterocycles. The molecule has 18 heavy (non-hydrogen) atoms. The Balaban J connectivity index is 2.36. The van der Waals surface area contributed by atoms with Gasteiger partial charge in [-0.15, -0.1) is 12.3 Å². The summed E-state index contributed by atoms with van der Waals surface area (Å²) in [6.07, 6.45) is 5.44. The first kappa shape index (κ1) is 12.4. The molecule has 5 heteroatoms. The molecule has 0 aromatic heterocycles. The number of hydrogen-bond donors (Lipinski definition) is 0. The summed E-state index contributed by atoms with van der Waals surface area (Å²) < 4.78 is 31.6. The van der Waals surface area contributed by atoms with Crippen molar-refractivity contribution in [1.29, 1.82) is 0 Å². The average Bonchev–Trinajstić information content (AvgIpc) is 2.70. The van der Waals surface area contributed by atoms with Crippen molar-refractivity contribution in [3.8, 4) is 18.1 Å². The number of methoxy groups -OCH3 is 1. The molecule has 0 saturated carbocycles. The van der Waals surface area contributed by atoms with Crippen molar-refractivity contribution in [1.82, 2.24) is 0 Å². The van der Waals surface area contributed by atoms with E-state index >= 15 is 0 Å². The number of benzene rings is 1. The van der Waals surface area contributed by atoms with E-state index in [0.717, 1.165) is 12.1 Å². The lowest BCUT2D eigenvalue weighted by Crippen LogP contribution is -2.24. The molecule has 1 aromatic carbocycles. The van der Waals surface area contributed by atoms with Crippen molar-refractivity contribution in [3.05, 3.63) is 23.8 Å². The number of nitrogens with zero attached hydrogens (tertiary/aromatic N) is 1. The Labute approximate surface area is 103 Å². The first-order chi connectivity index (χ1) is 8.56. The third-order valence-corrected chi connectivity index (χ3v) is 2.86. The predicted molar refractivity (Wildman–Crippen MR) is 62.2 cm³/mol. The largest absolute Gasteiger partial charge is 0.491 e. The minimum absolute atomic E-state index is 0.161. The maximum Gasteiger partial charge on any atom is 0.228 e. The lowest BCUT2D eigenvalue weighted by Gasteiger charge is -2.17. The highest BCUT2D eigenvalue weighted by molar-refractivity contribution is 5.96. The van der Waals surface area contributed by atoms with E-state index in [1.807, 2.05) is 0 Å². The summed E-state index contributed by atoms with van der Waals surface area (Å²) in [6.45, 7) is 0.278. The Hall–Kier alpha value is -2.09. The van der Waals surface area contributed by atoms with Crippen molar-refractivity contribution in [2.75, 3.05) is 18.6 Å². The van der Waals surface area contributed by atoms with Gasteiger partial charge in [-0.1, -0.05) is 0 Å². The van der Waals surface area contributed by atoms with E-state index in [9.17, 15) is 13.6 Å². The second-order valence-electron chi connectivity index (χ2n) is 4.01. The number of rotatable bonds is 2. The van der Waals surface area contributed by atoms with Crippen LogP contribution in [0.15, 0.2) is 12.1 Å². The minimum Gasteiger partial charge on any atom is -0.491 e. The molecule has 1 aliphatic rings. The third kappa shape index (κ3) is 2.02. The van der Waals surface area contributed by atoms with Gasteiger partial charge in [0.25, 0.3) is 0 Å². The molecule has 1 unspecified atom stereocenters. The van der Waals surface area contributed by atoms with Crippen LogP contribution in [0.2, 0.25) is 0 Å². The van der Waals surface area contributed by atoms with Gasteiger partial charge in [-0.25, -0.2) is 8.78 Å².